The second-order valence-electron chi connectivity index (χ2n) is 4.17. The number of rotatable bonds is 4. The van der Waals surface area contributed by atoms with Gasteiger partial charge in [-0.15, -0.1) is 0 Å². The minimum Gasteiger partial charge on any atom is -0.490 e. The summed E-state index contributed by atoms with van der Waals surface area (Å²) in [6.07, 6.45) is 1.19. The zero-order valence-electron chi connectivity index (χ0n) is 11.2. The molecule has 2 rings (SSSR count). The van der Waals surface area contributed by atoms with E-state index in [0.717, 1.165) is 5.56 Å². The Hall–Kier alpha value is -2.56. The normalized spacial score (nSPS) is 10.1. The Morgan fingerprint density at radius 2 is 2.05 bits per heavy atom. The zero-order chi connectivity index (χ0) is 14.5. The van der Waals surface area contributed by atoms with Crippen molar-refractivity contribution in [3.05, 3.63) is 63.7 Å². The SMILES string of the molecule is COc1coc(COC(=O)c2ccccc2C)cc1=O. The smallest absolute Gasteiger partial charge is 0.338 e. The maximum absolute atomic E-state index is 11.9. The molecule has 20 heavy (non-hydrogen) atoms. The molecule has 104 valence electrons. The number of carbonyl (C=O) groups excluding carboxylic acids is 1. The van der Waals surface area contributed by atoms with Crippen LogP contribution in [0.5, 0.6) is 5.75 Å². The molecule has 0 radical (unpaired) electrons. The number of hydrogen-bond donors (Lipinski definition) is 0. The molecule has 1 aromatic heterocycles. The van der Waals surface area contributed by atoms with E-state index in [2.05, 4.69) is 0 Å². The maximum Gasteiger partial charge on any atom is 0.338 e. The van der Waals surface area contributed by atoms with Crippen LogP contribution in [0.15, 0.2) is 45.8 Å². The molecule has 0 aliphatic carbocycles. The van der Waals surface area contributed by atoms with Crippen LogP contribution in [-0.4, -0.2) is 13.1 Å². The summed E-state index contributed by atoms with van der Waals surface area (Å²) in [5, 5.41) is 0. The lowest BCUT2D eigenvalue weighted by Crippen LogP contribution is -2.09. The molecule has 1 aromatic carbocycles. The standard InChI is InChI=1S/C15H14O5/c1-10-5-3-4-6-12(10)15(17)20-8-11-7-13(16)14(18-2)9-19-11/h3-7,9H,8H2,1-2H3. The van der Waals surface area contributed by atoms with Gasteiger partial charge in [-0.25, -0.2) is 4.79 Å². The van der Waals surface area contributed by atoms with E-state index in [-0.39, 0.29) is 23.5 Å². The number of methoxy groups -OCH3 is 1. The topological polar surface area (TPSA) is 65.7 Å². The number of ether oxygens (including phenoxy) is 2. The van der Waals surface area contributed by atoms with Crippen molar-refractivity contribution in [2.45, 2.75) is 13.5 Å². The lowest BCUT2D eigenvalue weighted by molar-refractivity contribution is 0.0442. The van der Waals surface area contributed by atoms with Gasteiger partial charge in [-0.1, -0.05) is 18.2 Å². The van der Waals surface area contributed by atoms with Crippen LogP contribution in [-0.2, 0) is 11.3 Å². The Kier molecular flexibility index (Phi) is 4.20. The Balaban J connectivity index is 2.06. The van der Waals surface area contributed by atoms with Crippen LogP contribution in [0.1, 0.15) is 21.7 Å². The van der Waals surface area contributed by atoms with Crippen LogP contribution in [0.4, 0.5) is 0 Å². The molecule has 0 atom stereocenters. The third kappa shape index (κ3) is 3.06. The Morgan fingerprint density at radius 3 is 2.70 bits per heavy atom. The van der Waals surface area contributed by atoms with Crippen LogP contribution < -0.4 is 10.2 Å². The maximum atomic E-state index is 11.9. The van der Waals surface area contributed by atoms with Crippen molar-refractivity contribution in [2.75, 3.05) is 7.11 Å². The van der Waals surface area contributed by atoms with Gasteiger partial charge in [-0.2, -0.15) is 0 Å². The van der Waals surface area contributed by atoms with Crippen molar-refractivity contribution in [3.63, 3.8) is 0 Å². The van der Waals surface area contributed by atoms with E-state index in [9.17, 15) is 9.59 Å². The minimum atomic E-state index is -0.457. The van der Waals surface area contributed by atoms with Gasteiger partial charge in [-0.3, -0.25) is 4.79 Å². The van der Waals surface area contributed by atoms with Crippen LogP contribution in [0.25, 0.3) is 0 Å². The quantitative estimate of drug-likeness (QED) is 0.800. The van der Waals surface area contributed by atoms with E-state index in [1.807, 2.05) is 19.1 Å². The fraction of sp³-hybridized carbons (Fsp3) is 0.200. The van der Waals surface area contributed by atoms with Crippen molar-refractivity contribution in [3.8, 4) is 5.75 Å². The lowest BCUT2D eigenvalue weighted by Gasteiger charge is -2.06. The third-order valence-electron chi connectivity index (χ3n) is 2.78. The molecule has 0 saturated heterocycles. The molecule has 5 heteroatoms. The van der Waals surface area contributed by atoms with Gasteiger partial charge in [0.1, 0.15) is 18.6 Å². The first kappa shape index (κ1) is 13.9. The van der Waals surface area contributed by atoms with Gasteiger partial charge in [0.2, 0.25) is 11.2 Å². The van der Waals surface area contributed by atoms with Crippen molar-refractivity contribution in [1.82, 2.24) is 0 Å². The molecule has 2 aromatic rings. The molecule has 0 amide bonds. The first-order chi connectivity index (χ1) is 9.61. The second kappa shape index (κ2) is 6.06. The summed E-state index contributed by atoms with van der Waals surface area (Å²) in [4.78, 5) is 23.4. The van der Waals surface area contributed by atoms with E-state index < -0.39 is 5.97 Å². The molecular weight excluding hydrogens is 260 g/mol. The molecule has 0 spiro atoms. The molecule has 0 unspecified atom stereocenters. The van der Waals surface area contributed by atoms with E-state index >= 15 is 0 Å². The highest BCUT2D eigenvalue weighted by atomic mass is 16.5. The molecule has 0 aliphatic rings. The van der Waals surface area contributed by atoms with Crippen molar-refractivity contribution in [2.24, 2.45) is 0 Å². The molecule has 0 aliphatic heterocycles. The largest absolute Gasteiger partial charge is 0.490 e. The summed E-state index contributed by atoms with van der Waals surface area (Å²) >= 11 is 0. The molecule has 0 fully saturated rings. The van der Waals surface area contributed by atoms with Gasteiger partial charge in [0.05, 0.1) is 12.7 Å². The highest BCUT2D eigenvalue weighted by molar-refractivity contribution is 5.90. The van der Waals surface area contributed by atoms with Crippen molar-refractivity contribution in [1.29, 1.82) is 0 Å². The van der Waals surface area contributed by atoms with Crippen LogP contribution >= 0.6 is 0 Å². The summed E-state index contributed by atoms with van der Waals surface area (Å²) in [6, 6.07) is 8.35. The monoisotopic (exact) mass is 274 g/mol. The first-order valence-electron chi connectivity index (χ1n) is 6.00. The number of carbonyl (C=O) groups is 1. The van der Waals surface area contributed by atoms with Gasteiger partial charge in [0.15, 0.2) is 0 Å². The molecule has 1 heterocycles. The number of benzene rings is 1. The van der Waals surface area contributed by atoms with E-state index in [1.54, 1.807) is 12.1 Å². The average molecular weight is 274 g/mol. The fourth-order valence-corrected chi connectivity index (χ4v) is 1.68. The summed E-state index contributed by atoms with van der Waals surface area (Å²) < 4.78 is 15.1. The molecule has 0 bridgehead atoms. The van der Waals surface area contributed by atoms with Crippen molar-refractivity contribution < 1.29 is 18.7 Å². The molecule has 0 N–H and O–H groups in total. The Labute approximate surface area is 115 Å². The van der Waals surface area contributed by atoms with E-state index in [1.165, 1.54) is 19.4 Å². The second-order valence-corrected chi connectivity index (χ2v) is 4.17. The summed E-state index contributed by atoms with van der Waals surface area (Å²) in [6.45, 7) is 1.72. The highest BCUT2D eigenvalue weighted by Gasteiger charge is 2.11. The summed E-state index contributed by atoms with van der Waals surface area (Å²) in [7, 11) is 1.38. The van der Waals surface area contributed by atoms with Gasteiger partial charge >= 0.3 is 5.97 Å². The zero-order valence-corrected chi connectivity index (χ0v) is 11.2. The van der Waals surface area contributed by atoms with Crippen LogP contribution in [0.3, 0.4) is 0 Å². The van der Waals surface area contributed by atoms with E-state index in [4.69, 9.17) is 13.9 Å². The van der Waals surface area contributed by atoms with Gasteiger partial charge in [0, 0.05) is 6.07 Å². The highest BCUT2D eigenvalue weighted by Crippen LogP contribution is 2.11. The number of esters is 1. The van der Waals surface area contributed by atoms with Gasteiger partial charge in [0.25, 0.3) is 0 Å². The van der Waals surface area contributed by atoms with Crippen LogP contribution in [0, 0.1) is 6.92 Å². The number of hydrogen-bond acceptors (Lipinski definition) is 5. The van der Waals surface area contributed by atoms with Crippen molar-refractivity contribution >= 4 is 5.97 Å². The third-order valence-corrected chi connectivity index (χ3v) is 2.78. The summed E-state index contributed by atoms with van der Waals surface area (Å²) in [5.41, 5.74) is 0.998. The molecule has 0 saturated carbocycles. The molecular formula is C15H14O5. The van der Waals surface area contributed by atoms with Gasteiger partial charge in [-0.05, 0) is 18.6 Å². The average Bonchev–Trinajstić information content (AvgIpc) is 2.45. The van der Waals surface area contributed by atoms with E-state index in [0.29, 0.717) is 5.56 Å². The first-order valence-corrected chi connectivity index (χ1v) is 6.00. The lowest BCUT2D eigenvalue weighted by atomic mass is 10.1. The fourth-order valence-electron chi connectivity index (χ4n) is 1.68. The Bertz CT molecular complexity index is 672. The summed E-state index contributed by atoms with van der Waals surface area (Å²) in [5.74, 6) is -0.0849. The number of aryl methyl sites for hydroxylation is 1. The van der Waals surface area contributed by atoms with Gasteiger partial charge < -0.3 is 13.9 Å². The minimum absolute atomic E-state index is 0.105. The Morgan fingerprint density at radius 1 is 1.30 bits per heavy atom. The predicted molar refractivity (Wildman–Crippen MR) is 71.8 cm³/mol. The van der Waals surface area contributed by atoms with Crippen LogP contribution in [0.2, 0.25) is 0 Å². The predicted octanol–water partition coefficient (Wildman–Crippen LogP) is 2.31. The molecule has 5 nitrogen and oxygen atoms in total.